The van der Waals surface area contributed by atoms with Gasteiger partial charge in [-0.2, -0.15) is 0 Å². The summed E-state index contributed by atoms with van der Waals surface area (Å²) in [5, 5.41) is 10.8. The summed E-state index contributed by atoms with van der Waals surface area (Å²) >= 11 is 5.72. The lowest BCUT2D eigenvalue weighted by Gasteiger charge is -2.03. The predicted molar refractivity (Wildman–Crippen MR) is 74.0 cm³/mol. The Balaban J connectivity index is 2.42. The summed E-state index contributed by atoms with van der Waals surface area (Å²) in [4.78, 5) is 11.2. The van der Waals surface area contributed by atoms with Crippen molar-refractivity contribution >= 4 is 28.1 Å². The van der Waals surface area contributed by atoms with Crippen LogP contribution < -0.4 is 0 Å². The normalized spacial score (nSPS) is 12.1. The second-order valence-electron chi connectivity index (χ2n) is 3.95. The fourth-order valence-corrected chi connectivity index (χ4v) is 2.80. The Labute approximate surface area is 117 Å². The fraction of sp³-hybridized carbons (Fsp3) is 0.0769. The number of hydrogen-bond acceptors (Lipinski definition) is 3. The molecule has 1 atom stereocenters. The number of rotatable bonds is 3. The van der Waals surface area contributed by atoms with E-state index >= 15 is 0 Å². The largest absolute Gasteiger partial charge is 0.289 e. The van der Waals surface area contributed by atoms with Gasteiger partial charge in [-0.05, 0) is 31.2 Å². The average Bonchev–Trinajstić information content (AvgIpc) is 2.39. The summed E-state index contributed by atoms with van der Waals surface area (Å²) in [6.07, 6.45) is 0. The topological polar surface area (TPSA) is 60.2 Å². The Hall–Kier alpha value is -1.72. The number of hydrogen-bond donors (Lipinski definition) is 0. The summed E-state index contributed by atoms with van der Waals surface area (Å²) < 4.78 is 12.3. The third kappa shape index (κ3) is 3.00. The Morgan fingerprint density at radius 1 is 1.11 bits per heavy atom. The van der Waals surface area contributed by atoms with Crippen molar-refractivity contribution < 1.29 is 9.13 Å². The summed E-state index contributed by atoms with van der Waals surface area (Å²) in [7, 11) is -1.45. The highest BCUT2D eigenvalue weighted by Crippen LogP contribution is 2.28. The molecular weight excluding hydrogens is 286 g/mol. The van der Waals surface area contributed by atoms with Crippen LogP contribution >= 0.6 is 11.6 Å². The first kappa shape index (κ1) is 13.7. The number of halogens is 1. The molecule has 0 fully saturated rings. The van der Waals surface area contributed by atoms with E-state index < -0.39 is 15.7 Å². The van der Waals surface area contributed by atoms with E-state index in [0.717, 1.165) is 5.56 Å². The van der Waals surface area contributed by atoms with Crippen molar-refractivity contribution in [2.75, 3.05) is 0 Å². The van der Waals surface area contributed by atoms with E-state index in [4.69, 9.17) is 11.6 Å². The van der Waals surface area contributed by atoms with E-state index in [9.17, 15) is 14.3 Å². The zero-order valence-electron chi connectivity index (χ0n) is 10.00. The first-order chi connectivity index (χ1) is 8.99. The molecule has 0 spiro atoms. The zero-order chi connectivity index (χ0) is 14.0. The molecule has 2 rings (SSSR count). The van der Waals surface area contributed by atoms with Crippen molar-refractivity contribution in [1.82, 2.24) is 0 Å². The molecule has 0 radical (unpaired) electrons. The highest BCUT2D eigenvalue weighted by atomic mass is 35.5. The molecule has 0 saturated heterocycles. The highest BCUT2D eigenvalue weighted by molar-refractivity contribution is 7.85. The molecule has 19 heavy (non-hydrogen) atoms. The molecule has 2 aromatic carbocycles. The Kier molecular flexibility index (Phi) is 3.97. The van der Waals surface area contributed by atoms with Gasteiger partial charge in [0.1, 0.15) is 5.02 Å². The van der Waals surface area contributed by atoms with Gasteiger partial charge < -0.3 is 0 Å². The van der Waals surface area contributed by atoms with Crippen LogP contribution in [-0.2, 0) is 10.8 Å². The summed E-state index contributed by atoms with van der Waals surface area (Å²) in [5.74, 6) is 0. The van der Waals surface area contributed by atoms with Crippen LogP contribution in [0.4, 0.5) is 5.69 Å². The van der Waals surface area contributed by atoms with Crippen molar-refractivity contribution in [2.24, 2.45) is 0 Å². The molecule has 0 N–H and O–H groups in total. The molecule has 6 heteroatoms. The standard InChI is InChI=1S/C13H10ClNO3S/c1-9-2-4-10(5-3-9)19(18)11-6-7-12(14)13(8-11)15(16)17/h2-8H,1H3. The van der Waals surface area contributed by atoms with Crippen LogP contribution in [0.1, 0.15) is 5.56 Å². The van der Waals surface area contributed by atoms with Gasteiger partial charge in [0, 0.05) is 11.0 Å². The molecule has 0 amide bonds. The molecule has 0 aliphatic carbocycles. The molecular formula is C13H10ClNO3S. The fourth-order valence-electron chi connectivity index (χ4n) is 1.55. The smallest absolute Gasteiger partial charge is 0.258 e. The van der Waals surface area contributed by atoms with Crippen molar-refractivity contribution in [3.63, 3.8) is 0 Å². The summed E-state index contributed by atoms with van der Waals surface area (Å²) in [6, 6.07) is 11.3. The molecule has 4 nitrogen and oxygen atoms in total. The van der Waals surface area contributed by atoms with Crippen LogP contribution in [0.15, 0.2) is 52.3 Å². The Bertz CT molecular complexity index is 655. The lowest BCUT2D eigenvalue weighted by molar-refractivity contribution is -0.384. The minimum atomic E-state index is -1.45. The number of nitrogens with zero attached hydrogens (tertiary/aromatic N) is 1. The van der Waals surface area contributed by atoms with E-state index in [2.05, 4.69) is 0 Å². The minimum Gasteiger partial charge on any atom is -0.258 e. The summed E-state index contributed by atoms with van der Waals surface area (Å²) in [6.45, 7) is 1.93. The van der Waals surface area contributed by atoms with Gasteiger partial charge in [0.05, 0.1) is 20.6 Å². The number of benzene rings is 2. The van der Waals surface area contributed by atoms with Crippen LogP contribution in [0.3, 0.4) is 0 Å². The maximum absolute atomic E-state index is 12.3. The van der Waals surface area contributed by atoms with Crippen LogP contribution in [0.2, 0.25) is 5.02 Å². The molecule has 0 aromatic heterocycles. The second kappa shape index (κ2) is 5.50. The molecule has 0 aliphatic heterocycles. The molecule has 1 unspecified atom stereocenters. The van der Waals surface area contributed by atoms with Gasteiger partial charge in [-0.1, -0.05) is 29.3 Å². The van der Waals surface area contributed by atoms with Gasteiger partial charge >= 0.3 is 0 Å². The molecule has 0 saturated carbocycles. The SMILES string of the molecule is Cc1ccc(S(=O)c2ccc(Cl)c([N+](=O)[O-])c2)cc1. The number of nitro benzene ring substituents is 1. The average molecular weight is 296 g/mol. The van der Waals surface area contributed by atoms with E-state index in [1.807, 2.05) is 19.1 Å². The van der Waals surface area contributed by atoms with E-state index in [1.54, 1.807) is 12.1 Å². The van der Waals surface area contributed by atoms with Crippen LogP contribution in [0.25, 0.3) is 0 Å². The van der Waals surface area contributed by atoms with Crippen molar-refractivity contribution in [1.29, 1.82) is 0 Å². The Morgan fingerprint density at radius 3 is 2.26 bits per heavy atom. The maximum atomic E-state index is 12.3. The van der Waals surface area contributed by atoms with Crippen molar-refractivity contribution in [3.8, 4) is 0 Å². The quantitative estimate of drug-likeness (QED) is 0.640. The Morgan fingerprint density at radius 2 is 1.68 bits per heavy atom. The third-order valence-electron chi connectivity index (χ3n) is 2.56. The number of aryl methyl sites for hydroxylation is 1. The predicted octanol–water partition coefficient (Wildman–Crippen LogP) is 3.72. The van der Waals surface area contributed by atoms with Gasteiger partial charge in [0.25, 0.3) is 5.69 Å². The number of nitro groups is 1. The van der Waals surface area contributed by atoms with Gasteiger partial charge in [-0.15, -0.1) is 0 Å². The zero-order valence-corrected chi connectivity index (χ0v) is 11.6. The molecule has 0 aliphatic rings. The van der Waals surface area contributed by atoms with E-state index in [-0.39, 0.29) is 10.7 Å². The van der Waals surface area contributed by atoms with Crippen LogP contribution in [0, 0.1) is 17.0 Å². The molecule has 2 aromatic rings. The maximum Gasteiger partial charge on any atom is 0.289 e. The van der Waals surface area contributed by atoms with Crippen LogP contribution in [-0.4, -0.2) is 9.13 Å². The lowest BCUT2D eigenvalue weighted by Crippen LogP contribution is -1.96. The first-order valence-corrected chi connectivity index (χ1v) is 6.94. The second-order valence-corrected chi connectivity index (χ2v) is 5.84. The van der Waals surface area contributed by atoms with Gasteiger partial charge in [-0.3, -0.25) is 10.1 Å². The summed E-state index contributed by atoms with van der Waals surface area (Å²) in [5.41, 5.74) is 0.822. The third-order valence-corrected chi connectivity index (χ3v) is 4.27. The molecule has 98 valence electrons. The molecule has 0 bridgehead atoms. The van der Waals surface area contributed by atoms with Gasteiger partial charge in [0.2, 0.25) is 0 Å². The van der Waals surface area contributed by atoms with E-state index in [1.165, 1.54) is 18.2 Å². The van der Waals surface area contributed by atoms with E-state index in [0.29, 0.717) is 9.79 Å². The highest BCUT2D eigenvalue weighted by Gasteiger charge is 2.16. The molecule has 0 heterocycles. The lowest BCUT2D eigenvalue weighted by atomic mass is 10.2. The minimum absolute atomic E-state index is 0.0367. The van der Waals surface area contributed by atoms with Gasteiger partial charge in [0.15, 0.2) is 0 Å². The van der Waals surface area contributed by atoms with Crippen molar-refractivity contribution in [2.45, 2.75) is 16.7 Å². The van der Waals surface area contributed by atoms with Gasteiger partial charge in [-0.25, -0.2) is 4.21 Å². The van der Waals surface area contributed by atoms with Crippen molar-refractivity contribution in [3.05, 3.63) is 63.2 Å². The first-order valence-electron chi connectivity index (χ1n) is 5.41. The monoisotopic (exact) mass is 295 g/mol. The van der Waals surface area contributed by atoms with Crippen LogP contribution in [0.5, 0.6) is 0 Å².